The summed E-state index contributed by atoms with van der Waals surface area (Å²) in [5, 5.41) is 11.3. The molecule has 0 aromatic heterocycles. The molecule has 146 valence electrons. The fourth-order valence-electron chi connectivity index (χ4n) is 3.19. The third-order valence-electron chi connectivity index (χ3n) is 4.57. The van der Waals surface area contributed by atoms with E-state index in [9.17, 15) is 23.5 Å². The fraction of sp³-hybridized carbons (Fsp3) is 0.238. The number of carboxylic acid groups (broad SMARTS) is 1. The van der Waals surface area contributed by atoms with E-state index in [4.69, 9.17) is 8.85 Å². The van der Waals surface area contributed by atoms with Gasteiger partial charge in [0.15, 0.2) is 0 Å². The normalized spacial score (nSPS) is 19.1. The molecule has 3 rings (SSSR count). The van der Waals surface area contributed by atoms with Crippen LogP contribution in [0.3, 0.4) is 0 Å². The SMILES string of the molecule is [2H]C([2H])([2H])Oc1cccc(C2=CCC(F)=C(NC(=O)C3=C(C(=O)O)CCC3)C(F)=C2)c1. The second-order valence-electron chi connectivity index (χ2n) is 6.34. The lowest BCUT2D eigenvalue weighted by molar-refractivity contribution is -0.133. The minimum Gasteiger partial charge on any atom is -0.497 e. The minimum atomic E-state index is -2.66. The Morgan fingerprint density at radius 3 is 2.79 bits per heavy atom. The predicted molar refractivity (Wildman–Crippen MR) is 99.6 cm³/mol. The van der Waals surface area contributed by atoms with Gasteiger partial charge >= 0.3 is 5.97 Å². The second kappa shape index (κ2) is 8.21. The molecule has 1 aromatic rings. The number of methoxy groups -OCH3 is 1. The fourth-order valence-corrected chi connectivity index (χ4v) is 3.19. The molecule has 0 aliphatic heterocycles. The van der Waals surface area contributed by atoms with Crippen molar-refractivity contribution < 1.29 is 32.3 Å². The summed E-state index contributed by atoms with van der Waals surface area (Å²) in [6.45, 7) is 0. The molecule has 0 bridgehead atoms. The van der Waals surface area contributed by atoms with Gasteiger partial charge in [-0.15, -0.1) is 0 Å². The highest BCUT2D eigenvalue weighted by molar-refractivity contribution is 6.03. The molecule has 1 amide bonds. The Morgan fingerprint density at radius 2 is 2.04 bits per heavy atom. The molecule has 7 heteroatoms. The smallest absolute Gasteiger partial charge is 0.332 e. The van der Waals surface area contributed by atoms with E-state index in [2.05, 4.69) is 5.32 Å². The van der Waals surface area contributed by atoms with Gasteiger partial charge in [0.25, 0.3) is 5.91 Å². The average Bonchev–Trinajstić information content (AvgIpc) is 3.13. The number of carbonyl (C=O) groups is 2. The van der Waals surface area contributed by atoms with Gasteiger partial charge in [0.2, 0.25) is 0 Å². The van der Waals surface area contributed by atoms with E-state index < -0.39 is 36.3 Å². The number of amides is 1. The third-order valence-corrected chi connectivity index (χ3v) is 4.57. The minimum absolute atomic E-state index is 0.00699. The van der Waals surface area contributed by atoms with E-state index in [1.54, 1.807) is 6.07 Å². The van der Waals surface area contributed by atoms with Crippen molar-refractivity contribution in [2.24, 2.45) is 0 Å². The van der Waals surface area contributed by atoms with E-state index in [-0.39, 0.29) is 41.7 Å². The number of allylic oxidation sites excluding steroid dienone is 5. The summed E-state index contributed by atoms with van der Waals surface area (Å²) in [5.74, 6) is -4.01. The Morgan fingerprint density at radius 1 is 1.25 bits per heavy atom. The first-order chi connectivity index (χ1) is 14.5. The van der Waals surface area contributed by atoms with Gasteiger partial charge in [-0.1, -0.05) is 18.2 Å². The first-order valence-corrected chi connectivity index (χ1v) is 8.57. The van der Waals surface area contributed by atoms with Crippen LogP contribution in [0.25, 0.3) is 5.57 Å². The van der Waals surface area contributed by atoms with Gasteiger partial charge in [0, 0.05) is 17.6 Å². The molecule has 2 aliphatic carbocycles. The summed E-state index contributed by atoms with van der Waals surface area (Å²) < 4.78 is 55.7. The highest BCUT2D eigenvalue weighted by atomic mass is 19.1. The van der Waals surface area contributed by atoms with Crippen molar-refractivity contribution >= 4 is 17.4 Å². The Hall–Kier alpha value is -3.22. The van der Waals surface area contributed by atoms with E-state index in [1.807, 2.05) is 0 Å². The molecule has 0 saturated heterocycles. The van der Waals surface area contributed by atoms with Crippen LogP contribution >= 0.6 is 0 Å². The Labute approximate surface area is 164 Å². The van der Waals surface area contributed by atoms with Crippen molar-refractivity contribution in [3.05, 3.63) is 70.5 Å². The zero-order chi connectivity index (χ0) is 22.8. The van der Waals surface area contributed by atoms with Crippen molar-refractivity contribution in [3.8, 4) is 5.75 Å². The number of halogens is 2. The summed E-state index contributed by atoms with van der Waals surface area (Å²) in [6.07, 6.45) is 2.98. The van der Waals surface area contributed by atoms with Crippen LogP contribution in [0, 0.1) is 0 Å². The number of ether oxygens (including phenoxy) is 1. The molecule has 0 unspecified atom stereocenters. The Kier molecular flexibility index (Phi) is 4.63. The zero-order valence-electron chi connectivity index (χ0n) is 17.7. The number of nitrogens with one attached hydrogen (secondary N) is 1. The number of carboxylic acids is 1. The molecule has 0 heterocycles. The van der Waals surface area contributed by atoms with Crippen molar-refractivity contribution in [1.29, 1.82) is 0 Å². The summed E-state index contributed by atoms with van der Waals surface area (Å²) in [7, 11) is -2.66. The molecule has 0 spiro atoms. The standard InChI is InChI=1S/C21H19F2NO4/c1-28-14-5-2-4-12(10-14)13-8-9-17(22)19(18(23)11-13)24-20(25)15-6-3-7-16(15)21(26)27/h2,4-5,8,10-11H,3,6-7,9H2,1H3,(H,24,25)(H,26,27)/i1D3. The summed E-state index contributed by atoms with van der Waals surface area (Å²) in [6, 6.07) is 5.89. The molecule has 28 heavy (non-hydrogen) atoms. The summed E-state index contributed by atoms with van der Waals surface area (Å²) in [4.78, 5) is 23.7. The van der Waals surface area contributed by atoms with E-state index in [0.29, 0.717) is 12.0 Å². The molecule has 0 saturated carbocycles. The number of rotatable bonds is 5. The van der Waals surface area contributed by atoms with Gasteiger partial charge < -0.3 is 15.2 Å². The lowest BCUT2D eigenvalue weighted by atomic mass is 10.0. The van der Waals surface area contributed by atoms with Crippen LogP contribution in [0.1, 0.15) is 35.4 Å². The number of hydrogen-bond donors (Lipinski definition) is 2. The number of hydrogen-bond acceptors (Lipinski definition) is 3. The maximum atomic E-state index is 14.8. The monoisotopic (exact) mass is 390 g/mol. The van der Waals surface area contributed by atoms with Gasteiger partial charge in [-0.2, -0.15) is 0 Å². The lowest BCUT2D eigenvalue weighted by Gasteiger charge is -2.10. The van der Waals surface area contributed by atoms with Gasteiger partial charge in [-0.05, 0) is 48.6 Å². The summed E-state index contributed by atoms with van der Waals surface area (Å²) >= 11 is 0. The largest absolute Gasteiger partial charge is 0.497 e. The first-order valence-electron chi connectivity index (χ1n) is 10.1. The number of carbonyl (C=O) groups excluding carboxylic acids is 1. The van der Waals surface area contributed by atoms with Crippen molar-refractivity contribution in [2.45, 2.75) is 25.7 Å². The van der Waals surface area contributed by atoms with Gasteiger partial charge in [-0.3, -0.25) is 4.79 Å². The predicted octanol–water partition coefficient (Wildman–Crippen LogP) is 4.20. The molecule has 5 nitrogen and oxygen atoms in total. The Bertz CT molecular complexity index is 1050. The molecule has 2 aliphatic rings. The van der Waals surface area contributed by atoms with Gasteiger partial charge in [-0.25, -0.2) is 13.6 Å². The highest BCUT2D eigenvalue weighted by Crippen LogP contribution is 2.31. The molecule has 0 atom stereocenters. The second-order valence-corrected chi connectivity index (χ2v) is 6.34. The van der Waals surface area contributed by atoms with Crippen LogP contribution in [-0.2, 0) is 9.59 Å². The van der Waals surface area contributed by atoms with Gasteiger partial charge in [0.1, 0.15) is 23.1 Å². The van der Waals surface area contributed by atoms with Gasteiger partial charge in [0.05, 0.1) is 11.2 Å². The molecular formula is C21H19F2NO4. The van der Waals surface area contributed by atoms with Crippen LogP contribution in [0.15, 0.2) is 64.9 Å². The topological polar surface area (TPSA) is 75.6 Å². The summed E-state index contributed by atoms with van der Waals surface area (Å²) in [5.41, 5.74) is -0.0487. The zero-order valence-corrected chi connectivity index (χ0v) is 14.7. The van der Waals surface area contributed by atoms with E-state index in [0.717, 1.165) is 6.08 Å². The third kappa shape index (κ3) is 4.03. The maximum absolute atomic E-state index is 14.8. The average molecular weight is 390 g/mol. The van der Waals surface area contributed by atoms with E-state index >= 15 is 0 Å². The molecule has 2 N–H and O–H groups in total. The van der Waals surface area contributed by atoms with Crippen molar-refractivity contribution in [2.75, 3.05) is 7.04 Å². The molecule has 0 fully saturated rings. The van der Waals surface area contributed by atoms with Crippen molar-refractivity contribution in [3.63, 3.8) is 0 Å². The van der Waals surface area contributed by atoms with Crippen LogP contribution in [0.5, 0.6) is 5.75 Å². The lowest BCUT2D eigenvalue weighted by Crippen LogP contribution is -2.26. The molecule has 0 radical (unpaired) electrons. The maximum Gasteiger partial charge on any atom is 0.332 e. The number of aliphatic carboxylic acids is 1. The van der Waals surface area contributed by atoms with E-state index in [1.165, 1.54) is 24.3 Å². The highest BCUT2D eigenvalue weighted by Gasteiger charge is 2.27. The quantitative estimate of drug-likeness (QED) is 0.790. The molecular weight excluding hydrogens is 368 g/mol. The molecule has 1 aromatic carbocycles. The number of benzene rings is 1. The van der Waals surface area contributed by atoms with Crippen LogP contribution in [0.4, 0.5) is 8.78 Å². The van der Waals surface area contributed by atoms with Crippen LogP contribution < -0.4 is 10.1 Å². The van der Waals surface area contributed by atoms with Crippen LogP contribution in [-0.4, -0.2) is 24.0 Å². The Balaban J connectivity index is 1.84. The first kappa shape index (κ1) is 15.8. The van der Waals surface area contributed by atoms with Crippen LogP contribution in [0.2, 0.25) is 0 Å². The van der Waals surface area contributed by atoms with Crippen molar-refractivity contribution in [1.82, 2.24) is 5.32 Å².